The van der Waals surface area contributed by atoms with Crippen LogP contribution in [0.3, 0.4) is 0 Å². The van der Waals surface area contributed by atoms with Gasteiger partial charge in [0.1, 0.15) is 29.6 Å². The zero-order chi connectivity index (χ0) is 31.1. The Bertz CT molecular complexity index is 1500. The molecule has 1 aliphatic carbocycles. The number of carbonyl (C=O) groups is 1. The Labute approximate surface area is 248 Å². The highest BCUT2D eigenvalue weighted by Crippen LogP contribution is 2.47. The van der Waals surface area contributed by atoms with Gasteiger partial charge in [-0.15, -0.1) is 0 Å². The van der Waals surface area contributed by atoms with Crippen LogP contribution in [0.5, 0.6) is 5.75 Å². The number of carbonyl (C=O) groups excluding carboxylic acids is 1. The molecule has 6 atom stereocenters. The zero-order valence-corrected chi connectivity index (χ0v) is 25.5. The van der Waals surface area contributed by atoms with Gasteiger partial charge in [0.05, 0.1) is 19.0 Å². The van der Waals surface area contributed by atoms with E-state index in [4.69, 9.17) is 24.3 Å². The minimum atomic E-state index is -4.25. The monoisotopic (exact) mass is 619 g/mol. The second kappa shape index (κ2) is 12.0. The number of hydrogen-bond donors (Lipinski definition) is 4. The molecule has 1 aliphatic heterocycles. The number of aromatic nitrogens is 4. The number of rotatable bonds is 12. The summed E-state index contributed by atoms with van der Waals surface area (Å²) in [5.41, 5.74) is 4.95. The molecular formula is C27H38N7O8P. The highest BCUT2D eigenvalue weighted by atomic mass is 31.2. The van der Waals surface area contributed by atoms with Crippen LogP contribution in [0.4, 0.5) is 11.8 Å². The summed E-state index contributed by atoms with van der Waals surface area (Å²) in [5, 5.41) is 25.1. The summed E-state index contributed by atoms with van der Waals surface area (Å²) in [5.74, 6) is 0.132. The summed E-state index contributed by atoms with van der Waals surface area (Å²) < 4.78 is 38.0. The van der Waals surface area contributed by atoms with Gasteiger partial charge in [-0.3, -0.25) is 13.9 Å². The van der Waals surface area contributed by atoms with Gasteiger partial charge in [0.25, 0.3) is 0 Å². The number of esters is 1. The van der Waals surface area contributed by atoms with Crippen molar-refractivity contribution in [2.45, 2.75) is 82.8 Å². The predicted octanol–water partition coefficient (Wildman–Crippen LogP) is 2.15. The molecule has 0 amide bonds. The van der Waals surface area contributed by atoms with E-state index < -0.39 is 56.5 Å². The van der Waals surface area contributed by atoms with Crippen molar-refractivity contribution < 1.29 is 38.1 Å². The average molecular weight is 620 g/mol. The molecule has 16 heteroatoms. The number of aliphatic hydroxyl groups is 2. The minimum Gasteiger partial charge on any atom is -0.462 e. The van der Waals surface area contributed by atoms with Gasteiger partial charge in [0, 0.05) is 13.1 Å². The second-order valence-electron chi connectivity index (χ2n) is 11.3. The number of benzene rings is 1. The van der Waals surface area contributed by atoms with E-state index in [1.165, 1.54) is 24.7 Å². The normalized spacial score (nSPS) is 25.9. The van der Waals surface area contributed by atoms with E-state index in [1.54, 1.807) is 44.2 Å². The van der Waals surface area contributed by atoms with Crippen LogP contribution in [0.1, 0.15) is 46.8 Å². The summed E-state index contributed by atoms with van der Waals surface area (Å²) in [6, 6.07) is 7.53. The third-order valence-electron chi connectivity index (χ3n) is 7.29. The molecule has 0 bridgehead atoms. The van der Waals surface area contributed by atoms with Crippen molar-refractivity contribution in [2.24, 2.45) is 0 Å². The van der Waals surface area contributed by atoms with E-state index in [9.17, 15) is 19.6 Å². The van der Waals surface area contributed by atoms with Crippen LogP contribution < -0.4 is 20.2 Å². The summed E-state index contributed by atoms with van der Waals surface area (Å²) in [4.78, 5) is 27.6. The van der Waals surface area contributed by atoms with Gasteiger partial charge >= 0.3 is 13.7 Å². The van der Waals surface area contributed by atoms with Crippen molar-refractivity contribution in [3.05, 3.63) is 36.7 Å². The van der Waals surface area contributed by atoms with E-state index in [-0.39, 0.29) is 11.7 Å². The largest absolute Gasteiger partial charge is 0.462 e. The van der Waals surface area contributed by atoms with Crippen molar-refractivity contribution in [1.29, 1.82) is 0 Å². The predicted molar refractivity (Wildman–Crippen MR) is 156 cm³/mol. The summed E-state index contributed by atoms with van der Waals surface area (Å²) in [6.45, 7) is 5.77. The van der Waals surface area contributed by atoms with Crippen molar-refractivity contribution in [3.8, 4) is 5.75 Å². The fraction of sp³-hybridized carbons (Fsp3) is 0.556. The van der Waals surface area contributed by atoms with Crippen LogP contribution in [0, 0.1) is 0 Å². The topological polar surface area (TPSA) is 196 Å². The molecule has 234 valence electrons. The maximum atomic E-state index is 13.9. The molecule has 1 aromatic carbocycles. The van der Waals surface area contributed by atoms with Crippen molar-refractivity contribution in [1.82, 2.24) is 24.6 Å². The van der Waals surface area contributed by atoms with Crippen molar-refractivity contribution in [3.63, 3.8) is 0 Å². The Hall–Kier alpha value is -3.33. The number of para-hydroxylation sites is 1. The zero-order valence-electron chi connectivity index (χ0n) is 24.7. The number of nitrogens with two attached hydrogens (primary N) is 1. The van der Waals surface area contributed by atoms with Gasteiger partial charge in [0.2, 0.25) is 5.95 Å². The number of fused-ring (bicyclic) bond motifs is 1. The smallest absolute Gasteiger partial charge is 0.459 e. The lowest BCUT2D eigenvalue weighted by Crippen LogP contribution is -2.44. The fourth-order valence-electron chi connectivity index (χ4n) is 4.85. The Kier molecular flexibility index (Phi) is 8.67. The lowest BCUT2D eigenvalue weighted by Gasteiger charge is -2.27. The third-order valence-corrected chi connectivity index (χ3v) is 8.93. The first kappa shape index (κ1) is 31.1. The molecule has 2 aromatic heterocycles. The average Bonchev–Trinajstić information content (AvgIpc) is 3.67. The first-order chi connectivity index (χ1) is 20.3. The lowest BCUT2D eigenvalue weighted by molar-refractivity contribution is -0.149. The molecule has 1 saturated heterocycles. The minimum absolute atomic E-state index is 0.0185. The molecule has 3 heterocycles. The summed E-state index contributed by atoms with van der Waals surface area (Å²) >= 11 is 0. The van der Waals surface area contributed by atoms with E-state index in [0.717, 1.165) is 12.8 Å². The number of aliphatic hydroxyl groups excluding tert-OH is 1. The number of nitrogens with one attached hydrogen (secondary N) is 1. The molecule has 2 aliphatic rings. The highest BCUT2D eigenvalue weighted by Gasteiger charge is 2.54. The number of anilines is 2. The van der Waals surface area contributed by atoms with Crippen LogP contribution in [0.2, 0.25) is 0 Å². The van der Waals surface area contributed by atoms with Gasteiger partial charge in [-0.1, -0.05) is 18.2 Å². The highest BCUT2D eigenvalue weighted by molar-refractivity contribution is 7.52. The molecule has 1 saturated carbocycles. The molecular weight excluding hydrogens is 581 g/mol. The number of imidazole rings is 1. The summed E-state index contributed by atoms with van der Waals surface area (Å²) in [7, 11) is -2.34. The summed E-state index contributed by atoms with van der Waals surface area (Å²) in [6.07, 6.45) is -0.725. The van der Waals surface area contributed by atoms with Gasteiger partial charge in [-0.05, 0) is 52.7 Å². The van der Waals surface area contributed by atoms with Gasteiger partial charge < -0.3 is 34.8 Å². The number of hydrogen-bond acceptors (Lipinski definition) is 13. The lowest BCUT2D eigenvalue weighted by atomic mass is 9.96. The number of nitrogens with zero attached hydrogens (tertiary/aromatic N) is 5. The molecule has 3 aromatic rings. The van der Waals surface area contributed by atoms with Crippen LogP contribution in [-0.4, -0.2) is 85.4 Å². The Morgan fingerprint density at radius 3 is 2.63 bits per heavy atom. The molecule has 5 N–H and O–H groups in total. The van der Waals surface area contributed by atoms with Crippen molar-refractivity contribution in [2.75, 3.05) is 24.3 Å². The van der Waals surface area contributed by atoms with Crippen molar-refractivity contribution >= 4 is 36.6 Å². The molecule has 43 heavy (non-hydrogen) atoms. The van der Waals surface area contributed by atoms with Crippen LogP contribution in [0.15, 0.2) is 36.7 Å². The third kappa shape index (κ3) is 6.61. The maximum absolute atomic E-state index is 13.9. The molecule has 0 radical (unpaired) electrons. The van der Waals surface area contributed by atoms with Crippen LogP contribution in [0.25, 0.3) is 11.2 Å². The fourth-order valence-corrected chi connectivity index (χ4v) is 6.36. The van der Waals surface area contributed by atoms with Gasteiger partial charge in [-0.2, -0.15) is 15.1 Å². The van der Waals surface area contributed by atoms with Crippen LogP contribution >= 0.6 is 7.75 Å². The molecule has 5 rings (SSSR count). The van der Waals surface area contributed by atoms with Gasteiger partial charge in [0.15, 0.2) is 23.2 Å². The van der Waals surface area contributed by atoms with Gasteiger partial charge in [-0.25, -0.2) is 9.55 Å². The van der Waals surface area contributed by atoms with E-state index in [2.05, 4.69) is 20.0 Å². The SMILES string of the molecule is CC(C)OC(=O)[C@H](C)NP(=O)(OC[C@H]1O[C@@H](n2cnc3c(N(C)C4CC4)nc(N)nc32)[C@](C)(O)C1O)Oc1ccccc1. The second-order valence-corrected chi connectivity index (χ2v) is 13.0. The standard InChI is InChI=1S/C27H38N7O8P/c1-15(2)40-24(36)16(3)32-43(38,42-18-9-7-6-8-10-18)39-13-19-21(35)27(4,37)25(41-19)34-14-29-20-22(33(5)17-11-12-17)30-26(28)31-23(20)34/h6-10,14-17,19,21,25,35,37H,11-13H2,1-5H3,(H,32,38)(H2,28,30,31)/t16-,19+,21?,25+,27+,43?/m0/s1. The number of ether oxygens (including phenoxy) is 2. The Morgan fingerprint density at radius 2 is 1.98 bits per heavy atom. The van der Waals surface area contributed by atoms with E-state index in [1.807, 2.05) is 11.9 Å². The molecule has 2 fully saturated rings. The Balaban J connectivity index is 1.37. The molecule has 2 unspecified atom stereocenters. The first-order valence-corrected chi connectivity index (χ1v) is 15.6. The molecule has 0 spiro atoms. The Morgan fingerprint density at radius 1 is 1.28 bits per heavy atom. The van der Waals surface area contributed by atoms with Crippen LogP contribution in [-0.2, 0) is 23.4 Å². The number of nitrogen functional groups attached to an aromatic ring is 1. The van der Waals surface area contributed by atoms with E-state index >= 15 is 0 Å². The van der Waals surface area contributed by atoms with E-state index in [0.29, 0.717) is 23.0 Å². The maximum Gasteiger partial charge on any atom is 0.459 e. The quantitative estimate of drug-likeness (QED) is 0.170. The first-order valence-electron chi connectivity index (χ1n) is 14.1. The molecule has 15 nitrogen and oxygen atoms in total.